The van der Waals surface area contributed by atoms with Crippen molar-refractivity contribution in [2.75, 3.05) is 46.3 Å². The average molecular weight is 375 g/mol. The lowest BCUT2D eigenvalue weighted by atomic mass is 10.1. The Morgan fingerprint density at radius 1 is 1.33 bits per heavy atom. The summed E-state index contributed by atoms with van der Waals surface area (Å²) in [4.78, 5) is 22.9. The van der Waals surface area contributed by atoms with Crippen LogP contribution in [0.5, 0.6) is 0 Å². The third-order valence-electron chi connectivity index (χ3n) is 4.34. The minimum Gasteiger partial charge on any atom is -0.513 e. The van der Waals surface area contributed by atoms with Crippen LogP contribution in [0.25, 0.3) is 0 Å². The summed E-state index contributed by atoms with van der Waals surface area (Å²) in [5.74, 6) is 0.416. The van der Waals surface area contributed by atoms with Crippen LogP contribution in [-0.4, -0.2) is 78.4 Å². The second kappa shape index (κ2) is 12.1. The molecule has 1 N–H and O–H groups in total. The van der Waals surface area contributed by atoms with E-state index in [1.165, 1.54) is 0 Å². The summed E-state index contributed by atoms with van der Waals surface area (Å²) in [7, 11) is 1.98. The van der Waals surface area contributed by atoms with E-state index < -0.39 is 0 Å². The Hall–Kier alpha value is -2.34. The number of carbonyl (C=O) groups is 1. The second-order valence-corrected chi connectivity index (χ2v) is 6.95. The molecule has 1 amide bonds. The number of amides is 1. The lowest BCUT2D eigenvalue weighted by molar-refractivity contribution is -0.135. The zero-order valence-corrected chi connectivity index (χ0v) is 17.2. The molecule has 1 aliphatic heterocycles. The highest BCUT2D eigenvalue weighted by Gasteiger charge is 2.24. The van der Waals surface area contributed by atoms with Crippen molar-refractivity contribution in [3.8, 4) is 0 Å². The van der Waals surface area contributed by atoms with E-state index in [0.29, 0.717) is 26.1 Å². The third kappa shape index (κ3) is 9.24. The molecule has 1 fully saturated rings. The molecule has 6 nitrogen and oxygen atoms in total. The van der Waals surface area contributed by atoms with E-state index in [4.69, 9.17) is 0 Å². The molecule has 0 unspecified atom stereocenters. The van der Waals surface area contributed by atoms with E-state index in [1.807, 2.05) is 42.4 Å². The number of allylic oxidation sites excluding steroid dienone is 4. The van der Waals surface area contributed by atoms with Gasteiger partial charge in [0.05, 0.1) is 18.6 Å². The van der Waals surface area contributed by atoms with Gasteiger partial charge < -0.3 is 14.9 Å². The smallest absolute Gasteiger partial charge is 0.237 e. The van der Waals surface area contributed by atoms with E-state index in [9.17, 15) is 9.90 Å². The third-order valence-corrected chi connectivity index (χ3v) is 4.34. The lowest BCUT2D eigenvalue weighted by Crippen LogP contribution is -2.51. The molecule has 0 aromatic carbocycles. The maximum atomic E-state index is 12.5. The summed E-state index contributed by atoms with van der Waals surface area (Å²) >= 11 is 0. The Kier molecular flexibility index (Phi) is 10.2. The van der Waals surface area contributed by atoms with Crippen molar-refractivity contribution < 1.29 is 9.90 Å². The first kappa shape index (κ1) is 22.7. The Labute approximate surface area is 163 Å². The first-order valence-corrected chi connectivity index (χ1v) is 9.41. The van der Waals surface area contributed by atoms with Crippen molar-refractivity contribution in [2.45, 2.75) is 27.2 Å². The SMILES string of the molecule is C=C/C=C(\C/C=C(\C)O)CN1CCN(C/C(C)=C/N=CN(C)CC)CC1=O. The Balaban J connectivity index is 2.56. The van der Waals surface area contributed by atoms with E-state index in [2.05, 4.69) is 23.4 Å². The quantitative estimate of drug-likeness (QED) is 0.276. The van der Waals surface area contributed by atoms with Crippen LogP contribution in [0.3, 0.4) is 0 Å². The molecule has 1 rings (SSSR count). The number of aliphatic hydroxyl groups is 1. The number of hydrogen-bond donors (Lipinski definition) is 1. The Morgan fingerprint density at radius 3 is 2.67 bits per heavy atom. The fourth-order valence-corrected chi connectivity index (χ4v) is 2.68. The number of hydrogen-bond acceptors (Lipinski definition) is 4. The Morgan fingerprint density at radius 2 is 2.07 bits per heavy atom. The number of aliphatic imine (C=N–C) groups is 1. The molecule has 0 atom stereocenters. The Bertz CT molecular complexity index is 616. The second-order valence-electron chi connectivity index (χ2n) is 6.95. The first-order chi connectivity index (χ1) is 12.8. The largest absolute Gasteiger partial charge is 0.513 e. The van der Waals surface area contributed by atoms with Gasteiger partial charge in [-0.05, 0) is 44.4 Å². The molecule has 0 radical (unpaired) electrons. The van der Waals surface area contributed by atoms with Gasteiger partial charge in [-0.1, -0.05) is 18.7 Å². The van der Waals surface area contributed by atoms with Crippen LogP contribution in [0.2, 0.25) is 0 Å². The summed E-state index contributed by atoms with van der Waals surface area (Å²) in [5.41, 5.74) is 2.19. The highest BCUT2D eigenvalue weighted by Crippen LogP contribution is 2.12. The molecule has 0 bridgehead atoms. The maximum Gasteiger partial charge on any atom is 0.237 e. The molecule has 27 heavy (non-hydrogen) atoms. The van der Waals surface area contributed by atoms with Crippen LogP contribution in [0.1, 0.15) is 27.2 Å². The van der Waals surface area contributed by atoms with E-state index in [0.717, 1.165) is 30.8 Å². The summed E-state index contributed by atoms with van der Waals surface area (Å²) < 4.78 is 0. The monoisotopic (exact) mass is 374 g/mol. The molecule has 0 spiro atoms. The van der Waals surface area contributed by atoms with Gasteiger partial charge in [-0.3, -0.25) is 9.69 Å². The molecular weight excluding hydrogens is 340 g/mol. The number of aliphatic hydroxyl groups excluding tert-OH is 1. The minimum absolute atomic E-state index is 0.128. The van der Waals surface area contributed by atoms with Crippen LogP contribution < -0.4 is 0 Å². The van der Waals surface area contributed by atoms with Crippen molar-refractivity contribution >= 4 is 12.2 Å². The lowest BCUT2D eigenvalue weighted by Gasteiger charge is -2.34. The van der Waals surface area contributed by atoms with Gasteiger partial charge in [0.2, 0.25) is 5.91 Å². The molecule has 1 saturated heterocycles. The van der Waals surface area contributed by atoms with Crippen molar-refractivity contribution in [3.05, 3.63) is 47.9 Å². The highest BCUT2D eigenvalue weighted by atomic mass is 16.3. The van der Waals surface area contributed by atoms with Crippen LogP contribution in [0.15, 0.2) is 52.9 Å². The molecule has 6 heteroatoms. The predicted molar refractivity (Wildman–Crippen MR) is 113 cm³/mol. The first-order valence-electron chi connectivity index (χ1n) is 9.41. The minimum atomic E-state index is 0.128. The van der Waals surface area contributed by atoms with Crippen LogP contribution in [0.4, 0.5) is 0 Å². The summed E-state index contributed by atoms with van der Waals surface area (Å²) in [5, 5.41) is 9.35. The van der Waals surface area contributed by atoms with E-state index >= 15 is 0 Å². The number of nitrogens with zero attached hydrogens (tertiary/aromatic N) is 4. The number of carbonyl (C=O) groups excluding carboxylic acids is 1. The molecular formula is C21H34N4O2. The van der Waals surface area contributed by atoms with E-state index in [-0.39, 0.29) is 11.7 Å². The van der Waals surface area contributed by atoms with Gasteiger partial charge in [0, 0.05) is 46.0 Å². The van der Waals surface area contributed by atoms with Gasteiger partial charge in [0.15, 0.2) is 0 Å². The van der Waals surface area contributed by atoms with Gasteiger partial charge in [-0.2, -0.15) is 0 Å². The number of piperazine rings is 1. The molecule has 0 aromatic rings. The average Bonchev–Trinajstić information content (AvgIpc) is 2.61. The van der Waals surface area contributed by atoms with Crippen LogP contribution in [0, 0.1) is 0 Å². The normalized spacial score (nSPS) is 17.7. The van der Waals surface area contributed by atoms with Gasteiger partial charge in [-0.15, -0.1) is 0 Å². The molecule has 0 aliphatic carbocycles. The maximum absolute atomic E-state index is 12.5. The fourth-order valence-electron chi connectivity index (χ4n) is 2.68. The van der Waals surface area contributed by atoms with Crippen molar-refractivity contribution in [3.63, 3.8) is 0 Å². The van der Waals surface area contributed by atoms with Crippen molar-refractivity contribution in [1.29, 1.82) is 0 Å². The van der Waals surface area contributed by atoms with Crippen LogP contribution in [-0.2, 0) is 4.79 Å². The molecule has 1 heterocycles. The highest BCUT2D eigenvalue weighted by molar-refractivity contribution is 5.79. The van der Waals surface area contributed by atoms with Crippen molar-refractivity contribution in [2.24, 2.45) is 4.99 Å². The molecule has 0 aromatic heterocycles. The standard InChI is InChI=1S/C21H34N4O2/c1-6-8-20(10-9-19(4)26)15-25-12-11-24(16-21(25)27)14-18(3)13-22-17-23(5)7-2/h6,8-9,13,17,26H,1,7,10-12,14-16H2,2-5H3/b18-13+,19-9+,20-8+,22-17?. The molecule has 0 saturated carbocycles. The summed E-state index contributed by atoms with van der Waals surface area (Å²) in [6.07, 6.45) is 9.67. The topological polar surface area (TPSA) is 59.4 Å². The zero-order valence-electron chi connectivity index (χ0n) is 17.2. The van der Waals surface area contributed by atoms with Gasteiger partial charge >= 0.3 is 0 Å². The van der Waals surface area contributed by atoms with Gasteiger partial charge in [0.25, 0.3) is 0 Å². The van der Waals surface area contributed by atoms with Crippen LogP contribution >= 0.6 is 0 Å². The van der Waals surface area contributed by atoms with Crippen molar-refractivity contribution in [1.82, 2.24) is 14.7 Å². The summed E-state index contributed by atoms with van der Waals surface area (Å²) in [6.45, 7) is 13.7. The fraction of sp³-hybridized carbons (Fsp3) is 0.524. The zero-order chi connectivity index (χ0) is 20.2. The molecule has 150 valence electrons. The predicted octanol–water partition coefficient (Wildman–Crippen LogP) is 2.98. The van der Waals surface area contributed by atoms with Gasteiger partial charge in [-0.25, -0.2) is 4.99 Å². The summed E-state index contributed by atoms with van der Waals surface area (Å²) in [6, 6.07) is 0. The van der Waals surface area contributed by atoms with E-state index in [1.54, 1.807) is 19.1 Å². The number of rotatable bonds is 10. The molecule has 1 aliphatic rings. The van der Waals surface area contributed by atoms with Gasteiger partial charge in [0.1, 0.15) is 0 Å².